The molecule has 5 N–H and O–H groups in total. The number of ketones is 1. The van der Waals surface area contributed by atoms with E-state index in [1.54, 1.807) is 33.1 Å². The van der Waals surface area contributed by atoms with Crippen LogP contribution < -0.4 is 26.4 Å². The molecule has 0 bridgehead atoms. The van der Waals surface area contributed by atoms with Crippen molar-refractivity contribution in [3.63, 3.8) is 0 Å². The molecule has 1 aromatic heterocycles. The van der Waals surface area contributed by atoms with Crippen molar-refractivity contribution in [1.29, 1.82) is 0 Å². The summed E-state index contributed by atoms with van der Waals surface area (Å²) in [6.07, 6.45) is 7.09. The van der Waals surface area contributed by atoms with Crippen LogP contribution >= 0.6 is 11.3 Å². The molecule has 0 spiro atoms. The van der Waals surface area contributed by atoms with Gasteiger partial charge in [0.2, 0.25) is 17.7 Å². The van der Waals surface area contributed by atoms with Crippen LogP contribution in [0.3, 0.4) is 0 Å². The van der Waals surface area contributed by atoms with E-state index in [1.807, 2.05) is 12.1 Å². The molecule has 2 aliphatic rings. The van der Waals surface area contributed by atoms with Crippen LogP contribution in [0, 0.1) is 0 Å². The molecule has 1 aliphatic heterocycles. The highest BCUT2D eigenvalue weighted by Gasteiger charge is 2.50. The van der Waals surface area contributed by atoms with E-state index in [-0.39, 0.29) is 24.5 Å². The number of allylic oxidation sites excluding steroid dienone is 1. The van der Waals surface area contributed by atoms with Gasteiger partial charge in [-0.2, -0.15) is 0 Å². The molecule has 0 unspecified atom stereocenters. The van der Waals surface area contributed by atoms with Crippen molar-refractivity contribution in [1.82, 2.24) is 20.9 Å². The molecule has 11 nitrogen and oxygen atoms in total. The first kappa shape index (κ1) is 30.2. The largest absolute Gasteiger partial charge is 0.497 e. The molecule has 4 atom stereocenters. The highest BCUT2D eigenvalue weighted by molar-refractivity contribution is 7.15. The number of nitrogens with one attached hydrogen (secondary N) is 3. The third-order valence-electron chi connectivity index (χ3n) is 7.24. The molecule has 1 fully saturated rings. The number of nitrogen functional groups attached to an aromatic ring is 1. The molecule has 3 amide bonds. The van der Waals surface area contributed by atoms with Gasteiger partial charge in [0.25, 0.3) is 0 Å². The van der Waals surface area contributed by atoms with Gasteiger partial charge in [-0.25, -0.2) is 4.98 Å². The van der Waals surface area contributed by atoms with Gasteiger partial charge in [0, 0.05) is 17.5 Å². The fraction of sp³-hybridized carbons (Fsp3) is 0.483. The number of ether oxygens (including phenoxy) is 2. The maximum absolute atomic E-state index is 13.7. The zero-order chi connectivity index (χ0) is 29.6. The van der Waals surface area contributed by atoms with Crippen molar-refractivity contribution in [3.05, 3.63) is 52.6 Å². The summed E-state index contributed by atoms with van der Waals surface area (Å²) in [7, 11) is 1.56. The molecule has 12 heteroatoms. The highest BCUT2D eigenvalue weighted by atomic mass is 32.1. The number of carbonyl (C=O) groups is 4. The molecule has 1 aliphatic carbocycles. The maximum atomic E-state index is 13.7. The minimum Gasteiger partial charge on any atom is -0.497 e. The highest BCUT2D eigenvalue weighted by Crippen LogP contribution is 2.31. The maximum Gasteiger partial charge on any atom is 0.243 e. The van der Waals surface area contributed by atoms with Gasteiger partial charge in [-0.05, 0) is 57.2 Å². The fourth-order valence-electron chi connectivity index (χ4n) is 4.71. The topological polar surface area (TPSA) is 165 Å². The van der Waals surface area contributed by atoms with Crippen LogP contribution in [0.1, 0.15) is 50.0 Å². The number of Topliss-reactive ketones (excluding diaryl/α,β-unsaturated/α-hetero) is 1. The van der Waals surface area contributed by atoms with Crippen molar-refractivity contribution in [2.75, 3.05) is 19.5 Å². The number of amides is 3. The van der Waals surface area contributed by atoms with Gasteiger partial charge in [-0.15, -0.1) is 11.3 Å². The molecule has 1 aromatic carbocycles. The van der Waals surface area contributed by atoms with Crippen LogP contribution in [0.5, 0.6) is 5.75 Å². The second-order valence-corrected chi connectivity index (χ2v) is 11.8. The second-order valence-electron chi connectivity index (χ2n) is 10.6. The number of carbonyl (C=O) groups excluding carboxylic acids is 4. The number of methoxy groups -OCH3 is 1. The van der Waals surface area contributed by atoms with E-state index in [4.69, 9.17) is 15.2 Å². The van der Waals surface area contributed by atoms with Crippen LogP contribution in [-0.2, 0) is 36.8 Å². The number of hydrogen-bond acceptors (Lipinski definition) is 9. The summed E-state index contributed by atoms with van der Waals surface area (Å²) in [6.45, 7) is 3.58. The minimum atomic E-state index is -1.00. The van der Waals surface area contributed by atoms with Crippen LogP contribution in [0.4, 0.5) is 5.13 Å². The number of benzene rings is 1. The Balaban J connectivity index is 1.46. The van der Waals surface area contributed by atoms with Crippen molar-refractivity contribution in [2.24, 2.45) is 0 Å². The Kier molecular flexibility index (Phi) is 9.77. The van der Waals surface area contributed by atoms with Gasteiger partial charge in [0.05, 0.1) is 26.2 Å². The number of anilines is 1. The van der Waals surface area contributed by atoms with E-state index >= 15 is 0 Å². The van der Waals surface area contributed by atoms with Crippen molar-refractivity contribution < 1.29 is 28.7 Å². The Morgan fingerprint density at radius 2 is 1.80 bits per heavy atom. The average Bonchev–Trinajstić information content (AvgIpc) is 3.28. The van der Waals surface area contributed by atoms with Gasteiger partial charge >= 0.3 is 0 Å². The smallest absolute Gasteiger partial charge is 0.243 e. The molecule has 2 aromatic rings. The Morgan fingerprint density at radius 3 is 2.39 bits per heavy atom. The van der Waals surface area contributed by atoms with E-state index in [9.17, 15) is 19.2 Å². The summed E-state index contributed by atoms with van der Waals surface area (Å²) in [4.78, 5) is 57.2. The summed E-state index contributed by atoms with van der Waals surface area (Å²) in [6, 6.07) is 4.45. The average molecular weight is 584 g/mol. The zero-order valence-electron chi connectivity index (χ0n) is 23.5. The number of nitrogens with two attached hydrogens (primary N) is 1. The number of aromatic nitrogens is 1. The molecule has 4 rings (SSSR count). The Hall–Kier alpha value is -3.77. The summed E-state index contributed by atoms with van der Waals surface area (Å²) < 4.78 is 10.6. The number of hydrogen-bond donors (Lipinski definition) is 4. The lowest BCUT2D eigenvalue weighted by atomic mass is 9.94. The lowest BCUT2D eigenvalue weighted by Crippen LogP contribution is -2.56. The molecule has 1 saturated heterocycles. The predicted octanol–water partition coefficient (Wildman–Crippen LogP) is 1.85. The van der Waals surface area contributed by atoms with Crippen LogP contribution in [0.15, 0.2) is 42.1 Å². The van der Waals surface area contributed by atoms with E-state index in [2.05, 4.69) is 27.0 Å². The Bertz CT molecular complexity index is 1300. The third-order valence-corrected chi connectivity index (χ3v) is 8.07. The van der Waals surface area contributed by atoms with Crippen molar-refractivity contribution >= 4 is 40.0 Å². The monoisotopic (exact) mass is 583 g/mol. The molecular weight excluding hydrogens is 546 g/mol. The molecule has 0 saturated carbocycles. The standard InChI is InChI=1S/C29H37N5O6S/c1-17(32-24(35)14-21-15-31-28(30)41-21)26(37)34-23(13-19-8-10-20(39-3)11-9-19)27(38)33-22(12-18-6-4-5-7-18)25(36)29(2)16-40-29/h6,8-11,15,17,22-23H,4-5,7,12-14,16H2,1-3H3,(H2,30,31)(H,32,35)(H,33,38)(H,34,37)/t17-,22-,23-,29-/m0/s1. The minimum absolute atomic E-state index is 0.0305. The molecular formula is C29H37N5O6S. The van der Waals surface area contributed by atoms with Crippen LogP contribution in [0.2, 0.25) is 0 Å². The van der Waals surface area contributed by atoms with E-state index < -0.39 is 35.5 Å². The summed E-state index contributed by atoms with van der Waals surface area (Å²) >= 11 is 1.20. The van der Waals surface area contributed by atoms with Crippen LogP contribution in [0.25, 0.3) is 0 Å². The first-order valence-electron chi connectivity index (χ1n) is 13.7. The Morgan fingerprint density at radius 1 is 1.10 bits per heavy atom. The lowest BCUT2D eigenvalue weighted by Gasteiger charge is -2.25. The van der Waals surface area contributed by atoms with Gasteiger partial charge in [0.15, 0.2) is 10.9 Å². The molecule has 220 valence electrons. The number of rotatable bonds is 14. The summed E-state index contributed by atoms with van der Waals surface area (Å²) in [5, 5.41) is 8.69. The summed E-state index contributed by atoms with van der Waals surface area (Å²) in [5.41, 5.74) is 6.63. The Labute approximate surface area is 243 Å². The van der Waals surface area contributed by atoms with Gasteiger partial charge in [-0.1, -0.05) is 23.8 Å². The number of nitrogens with zero attached hydrogens (tertiary/aromatic N) is 1. The first-order valence-corrected chi connectivity index (χ1v) is 14.5. The van der Waals surface area contributed by atoms with E-state index in [0.717, 1.165) is 30.4 Å². The van der Waals surface area contributed by atoms with Crippen molar-refractivity contribution in [2.45, 2.75) is 76.1 Å². The van der Waals surface area contributed by atoms with Crippen molar-refractivity contribution in [3.8, 4) is 5.75 Å². The van der Waals surface area contributed by atoms with Gasteiger partial charge in [0.1, 0.15) is 23.4 Å². The van der Waals surface area contributed by atoms with Gasteiger partial charge < -0.3 is 31.2 Å². The number of thiazole rings is 1. The normalized spacial score (nSPS) is 19.8. The summed E-state index contributed by atoms with van der Waals surface area (Å²) in [5.74, 6) is -0.923. The third kappa shape index (κ3) is 8.37. The SMILES string of the molecule is COc1ccc(C[C@H](NC(=O)[C@H](C)NC(=O)Cc2cnc(N)s2)C(=O)N[C@@H](CC2=CCCC2)C(=O)[C@]2(C)CO2)cc1. The second kappa shape index (κ2) is 13.3. The molecule has 41 heavy (non-hydrogen) atoms. The first-order chi connectivity index (χ1) is 19.6. The number of epoxide rings is 1. The van der Waals surface area contributed by atoms with Crippen LogP contribution in [-0.4, -0.2) is 65.9 Å². The van der Waals surface area contributed by atoms with Gasteiger partial charge in [-0.3, -0.25) is 19.2 Å². The molecule has 2 heterocycles. The van der Waals surface area contributed by atoms with E-state index in [0.29, 0.717) is 28.8 Å². The molecule has 0 radical (unpaired) electrons. The predicted molar refractivity (Wildman–Crippen MR) is 154 cm³/mol. The zero-order valence-corrected chi connectivity index (χ0v) is 24.3. The quantitative estimate of drug-likeness (QED) is 0.193. The lowest BCUT2D eigenvalue weighted by molar-refractivity contribution is -0.134. The fourth-order valence-corrected chi connectivity index (χ4v) is 5.39. The van der Waals surface area contributed by atoms with E-state index in [1.165, 1.54) is 17.5 Å².